The number of para-hydroxylation sites is 1. The molecule has 0 fully saturated rings. The molecule has 2 N–H and O–H groups in total. The van der Waals surface area contributed by atoms with Gasteiger partial charge < -0.3 is 10.2 Å². The van der Waals surface area contributed by atoms with E-state index in [1.54, 1.807) is 10.7 Å². The van der Waals surface area contributed by atoms with Crippen LogP contribution in [0.5, 0.6) is 0 Å². The highest BCUT2D eigenvalue weighted by atomic mass is 16.3. The molecule has 0 unspecified atom stereocenters. The molecule has 0 amide bonds. The van der Waals surface area contributed by atoms with Crippen molar-refractivity contribution >= 4 is 16.8 Å². The number of nitrogens with zero attached hydrogens (tertiary/aromatic N) is 4. The van der Waals surface area contributed by atoms with Crippen molar-refractivity contribution in [3.05, 3.63) is 35.7 Å². The summed E-state index contributed by atoms with van der Waals surface area (Å²) >= 11 is 0. The molecule has 0 aliphatic carbocycles. The highest BCUT2D eigenvalue weighted by Crippen LogP contribution is 2.21. The molecule has 0 aliphatic heterocycles. The van der Waals surface area contributed by atoms with Gasteiger partial charge in [0, 0.05) is 0 Å². The molecule has 1 aromatic carbocycles. The van der Waals surface area contributed by atoms with Crippen LogP contribution in [0.2, 0.25) is 0 Å². The van der Waals surface area contributed by atoms with Crippen molar-refractivity contribution in [1.82, 2.24) is 19.7 Å². The third kappa shape index (κ3) is 1.71. The first kappa shape index (κ1) is 10.8. The Morgan fingerprint density at radius 2 is 2.11 bits per heavy atom. The smallest absolute Gasteiger partial charge is 0.217 e. The summed E-state index contributed by atoms with van der Waals surface area (Å²) in [6.45, 7) is 4.21. The van der Waals surface area contributed by atoms with Crippen molar-refractivity contribution in [3.63, 3.8) is 0 Å². The minimum absolute atomic E-state index is 0.459. The van der Waals surface area contributed by atoms with Crippen LogP contribution in [-0.2, 0) is 6.54 Å². The minimum atomic E-state index is 0.459. The van der Waals surface area contributed by atoms with Crippen molar-refractivity contribution in [2.24, 2.45) is 0 Å². The summed E-state index contributed by atoms with van der Waals surface area (Å²) in [5.74, 6) is 2.15. The molecule has 0 bridgehead atoms. The van der Waals surface area contributed by atoms with Crippen LogP contribution >= 0.6 is 0 Å². The van der Waals surface area contributed by atoms with Crippen molar-refractivity contribution in [3.8, 4) is 0 Å². The van der Waals surface area contributed by atoms with Gasteiger partial charge >= 0.3 is 0 Å². The van der Waals surface area contributed by atoms with E-state index in [0.29, 0.717) is 29.2 Å². The second kappa shape index (κ2) is 3.83. The fourth-order valence-corrected chi connectivity index (χ4v) is 1.92. The van der Waals surface area contributed by atoms with E-state index < -0.39 is 0 Å². The van der Waals surface area contributed by atoms with Gasteiger partial charge in [-0.05, 0) is 26.0 Å². The molecule has 3 rings (SSSR count). The highest BCUT2D eigenvalue weighted by molar-refractivity contribution is 5.85. The summed E-state index contributed by atoms with van der Waals surface area (Å²) in [6, 6.07) is 5.50. The summed E-state index contributed by atoms with van der Waals surface area (Å²) in [5, 5.41) is 4.27. The third-order valence-corrected chi connectivity index (χ3v) is 2.74. The molecule has 2 aromatic heterocycles. The van der Waals surface area contributed by atoms with Gasteiger partial charge in [0.2, 0.25) is 5.89 Å². The average Bonchev–Trinajstić information content (AvgIpc) is 2.84. The quantitative estimate of drug-likeness (QED) is 0.692. The van der Waals surface area contributed by atoms with E-state index in [2.05, 4.69) is 15.1 Å². The monoisotopic (exact) mass is 243 g/mol. The maximum Gasteiger partial charge on any atom is 0.217 e. The predicted molar refractivity (Wildman–Crippen MR) is 67.0 cm³/mol. The second-order valence-corrected chi connectivity index (χ2v) is 4.17. The van der Waals surface area contributed by atoms with Gasteiger partial charge in [0.05, 0.1) is 5.69 Å². The minimum Gasteiger partial charge on any atom is -0.439 e. The number of oxazole rings is 1. The molecule has 0 saturated carbocycles. The molecular formula is C12H13N5O. The van der Waals surface area contributed by atoms with Gasteiger partial charge in [0.15, 0.2) is 5.58 Å². The summed E-state index contributed by atoms with van der Waals surface area (Å²) < 4.78 is 7.40. The maximum absolute atomic E-state index is 5.84. The van der Waals surface area contributed by atoms with Gasteiger partial charge in [-0.3, -0.25) is 0 Å². The van der Waals surface area contributed by atoms with E-state index in [1.807, 2.05) is 26.0 Å². The number of hydrogen-bond donors (Lipinski definition) is 1. The topological polar surface area (TPSA) is 82.8 Å². The van der Waals surface area contributed by atoms with Gasteiger partial charge in [-0.25, -0.2) is 14.6 Å². The molecule has 6 heteroatoms. The Kier molecular flexibility index (Phi) is 2.29. The number of rotatable bonds is 2. The highest BCUT2D eigenvalue weighted by Gasteiger charge is 2.10. The van der Waals surface area contributed by atoms with Gasteiger partial charge in [0.1, 0.15) is 23.7 Å². The molecule has 92 valence electrons. The number of benzene rings is 1. The lowest BCUT2D eigenvalue weighted by atomic mass is 10.3. The molecule has 0 aliphatic rings. The maximum atomic E-state index is 5.84. The lowest BCUT2D eigenvalue weighted by Crippen LogP contribution is -2.04. The molecule has 6 nitrogen and oxygen atoms in total. The number of hydrogen-bond acceptors (Lipinski definition) is 5. The zero-order chi connectivity index (χ0) is 12.7. The van der Waals surface area contributed by atoms with E-state index in [4.69, 9.17) is 10.2 Å². The van der Waals surface area contributed by atoms with Crippen molar-refractivity contribution < 1.29 is 4.42 Å². The normalized spacial score (nSPS) is 11.2. The van der Waals surface area contributed by atoms with Crippen LogP contribution in [0, 0.1) is 13.8 Å². The zero-order valence-corrected chi connectivity index (χ0v) is 10.2. The lowest BCUT2D eigenvalue weighted by Gasteiger charge is -1.97. The molecule has 0 radical (unpaired) electrons. The molecule has 0 saturated heterocycles. The van der Waals surface area contributed by atoms with E-state index >= 15 is 0 Å². The number of anilines is 1. The summed E-state index contributed by atoms with van der Waals surface area (Å²) in [7, 11) is 0. The van der Waals surface area contributed by atoms with Crippen LogP contribution in [-0.4, -0.2) is 19.7 Å². The lowest BCUT2D eigenvalue weighted by molar-refractivity contribution is 0.485. The van der Waals surface area contributed by atoms with Crippen LogP contribution in [0.4, 0.5) is 5.69 Å². The van der Waals surface area contributed by atoms with E-state index in [-0.39, 0.29) is 0 Å². The third-order valence-electron chi connectivity index (χ3n) is 2.74. The van der Waals surface area contributed by atoms with Crippen LogP contribution in [0.15, 0.2) is 22.6 Å². The molecular weight excluding hydrogens is 230 g/mol. The van der Waals surface area contributed by atoms with Crippen LogP contribution in [0.3, 0.4) is 0 Å². The van der Waals surface area contributed by atoms with Gasteiger partial charge in [-0.15, -0.1) is 0 Å². The molecule has 0 atom stereocenters. The Bertz CT molecular complexity index is 712. The first-order valence-electron chi connectivity index (χ1n) is 5.65. The largest absolute Gasteiger partial charge is 0.439 e. The Morgan fingerprint density at radius 1 is 1.28 bits per heavy atom. The first-order valence-corrected chi connectivity index (χ1v) is 5.65. The summed E-state index contributed by atoms with van der Waals surface area (Å²) in [4.78, 5) is 8.61. The number of nitrogen functional groups attached to an aromatic ring is 1. The van der Waals surface area contributed by atoms with Crippen molar-refractivity contribution in [2.75, 3.05) is 5.73 Å². The molecule has 18 heavy (non-hydrogen) atoms. The van der Waals surface area contributed by atoms with E-state index in [0.717, 1.165) is 11.6 Å². The number of nitrogens with two attached hydrogens (primary N) is 1. The Hall–Kier alpha value is -2.37. The number of fused-ring (bicyclic) bond motifs is 1. The van der Waals surface area contributed by atoms with E-state index in [9.17, 15) is 0 Å². The van der Waals surface area contributed by atoms with Gasteiger partial charge in [-0.2, -0.15) is 5.10 Å². The van der Waals surface area contributed by atoms with E-state index in [1.165, 1.54) is 0 Å². The fourth-order valence-electron chi connectivity index (χ4n) is 1.92. The zero-order valence-electron chi connectivity index (χ0n) is 10.2. The summed E-state index contributed by atoms with van der Waals surface area (Å²) in [5.41, 5.74) is 7.85. The molecule has 3 aromatic rings. The predicted octanol–water partition coefficient (Wildman–Crippen LogP) is 1.67. The second-order valence-electron chi connectivity index (χ2n) is 4.17. The number of aryl methyl sites for hydroxylation is 2. The Balaban J connectivity index is 2.00. The fraction of sp³-hybridized carbons (Fsp3) is 0.250. The first-order chi connectivity index (χ1) is 8.63. The SMILES string of the molecule is Cc1nc(C)n(Cc2nc3c(N)cccc3o2)n1. The Labute approximate surface area is 103 Å². The van der Waals surface area contributed by atoms with Crippen molar-refractivity contribution in [2.45, 2.75) is 20.4 Å². The number of aromatic nitrogens is 4. The van der Waals surface area contributed by atoms with Gasteiger partial charge in [-0.1, -0.05) is 6.07 Å². The standard InChI is InChI=1S/C12H13N5O/c1-7-14-8(2)17(16-7)6-11-15-12-9(13)4-3-5-10(12)18-11/h3-5H,6,13H2,1-2H3. The Morgan fingerprint density at radius 3 is 2.78 bits per heavy atom. The van der Waals surface area contributed by atoms with Crippen LogP contribution < -0.4 is 5.73 Å². The van der Waals surface area contributed by atoms with Gasteiger partial charge in [0.25, 0.3) is 0 Å². The molecule has 0 spiro atoms. The van der Waals surface area contributed by atoms with Crippen molar-refractivity contribution in [1.29, 1.82) is 0 Å². The van der Waals surface area contributed by atoms with Crippen LogP contribution in [0.25, 0.3) is 11.1 Å². The van der Waals surface area contributed by atoms with Crippen LogP contribution in [0.1, 0.15) is 17.5 Å². The molecule has 2 heterocycles. The average molecular weight is 243 g/mol. The summed E-state index contributed by atoms with van der Waals surface area (Å²) in [6.07, 6.45) is 0.